The summed E-state index contributed by atoms with van der Waals surface area (Å²) in [6, 6.07) is 0. The van der Waals surface area contributed by atoms with Gasteiger partial charge in [-0.25, -0.2) is 18.7 Å². The van der Waals surface area contributed by atoms with Crippen LogP contribution in [0.4, 0.5) is 9.18 Å². The highest BCUT2D eigenvalue weighted by Gasteiger charge is 2.21. The van der Waals surface area contributed by atoms with Gasteiger partial charge < -0.3 is 14.8 Å². The number of rotatable bonds is 6. The molecular weight excluding hydrogens is 295 g/mol. The molecular formula is C13H21FN4O4. The first-order valence-corrected chi connectivity index (χ1v) is 6.82. The molecule has 0 spiro atoms. The van der Waals surface area contributed by atoms with Crippen molar-refractivity contribution in [1.29, 1.82) is 0 Å². The first kappa shape index (κ1) is 17.9. The van der Waals surface area contributed by atoms with E-state index in [1.54, 1.807) is 20.8 Å². The van der Waals surface area contributed by atoms with Gasteiger partial charge in [0.1, 0.15) is 12.3 Å². The zero-order valence-electron chi connectivity index (χ0n) is 13.2. The summed E-state index contributed by atoms with van der Waals surface area (Å²) in [5.74, 6) is -0.655. The van der Waals surface area contributed by atoms with E-state index in [4.69, 9.17) is 4.74 Å². The quantitative estimate of drug-likeness (QED) is 0.790. The number of nitrogens with one attached hydrogen (secondary N) is 1. The molecule has 22 heavy (non-hydrogen) atoms. The van der Waals surface area contributed by atoms with E-state index in [-0.39, 0.29) is 25.2 Å². The van der Waals surface area contributed by atoms with Gasteiger partial charge in [-0.3, -0.25) is 0 Å². The van der Waals surface area contributed by atoms with E-state index in [2.05, 4.69) is 20.4 Å². The number of alkyl carbamates (subject to hydrolysis) is 1. The Morgan fingerprint density at radius 3 is 2.59 bits per heavy atom. The van der Waals surface area contributed by atoms with Crippen molar-refractivity contribution in [3.05, 3.63) is 11.4 Å². The summed E-state index contributed by atoms with van der Waals surface area (Å²) < 4.78 is 23.5. The maximum Gasteiger partial charge on any atom is 0.407 e. The highest BCUT2D eigenvalue weighted by Crippen LogP contribution is 2.09. The van der Waals surface area contributed by atoms with Crippen molar-refractivity contribution in [2.24, 2.45) is 0 Å². The lowest BCUT2D eigenvalue weighted by Gasteiger charge is -2.19. The van der Waals surface area contributed by atoms with Crippen LogP contribution < -0.4 is 5.32 Å². The molecule has 1 amide bonds. The van der Waals surface area contributed by atoms with Crippen molar-refractivity contribution in [1.82, 2.24) is 20.3 Å². The van der Waals surface area contributed by atoms with E-state index in [1.165, 1.54) is 11.8 Å². The molecule has 0 aliphatic heterocycles. The zero-order chi connectivity index (χ0) is 16.8. The smallest absolute Gasteiger partial charge is 0.407 e. The first-order chi connectivity index (χ1) is 10.3. The summed E-state index contributed by atoms with van der Waals surface area (Å²) in [6.45, 7) is 4.79. The van der Waals surface area contributed by atoms with Crippen molar-refractivity contribution in [3.8, 4) is 0 Å². The van der Waals surface area contributed by atoms with E-state index >= 15 is 0 Å². The van der Waals surface area contributed by atoms with Crippen LogP contribution in [0.25, 0.3) is 0 Å². The monoisotopic (exact) mass is 316 g/mol. The minimum Gasteiger partial charge on any atom is -0.464 e. The first-order valence-electron chi connectivity index (χ1n) is 6.82. The summed E-state index contributed by atoms with van der Waals surface area (Å²) in [5.41, 5.74) is -0.179. The van der Waals surface area contributed by atoms with E-state index in [0.717, 1.165) is 0 Å². The summed E-state index contributed by atoms with van der Waals surface area (Å²) >= 11 is 0. The number of aromatic nitrogens is 3. The summed E-state index contributed by atoms with van der Waals surface area (Å²) in [4.78, 5) is 23.1. The molecule has 9 heteroatoms. The van der Waals surface area contributed by atoms with Gasteiger partial charge in [-0.05, 0) is 20.8 Å². The Labute approximate surface area is 128 Å². The summed E-state index contributed by atoms with van der Waals surface area (Å²) in [5, 5.41) is 9.96. The Balaban J connectivity index is 2.69. The number of halogens is 1. The van der Waals surface area contributed by atoms with Gasteiger partial charge in [0, 0.05) is 13.0 Å². The van der Waals surface area contributed by atoms with Crippen molar-refractivity contribution in [2.75, 3.05) is 20.3 Å². The molecule has 0 radical (unpaired) electrons. The van der Waals surface area contributed by atoms with Crippen LogP contribution in [0.15, 0.2) is 0 Å². The lowest BCUT2D eigenvalue weighted by Crippen LogP contribution is -2.34. The van der Waals surface area contributed by atoms with Crippen molar-refractivity contribution >= 4 is 12.1 Å². The lowest BCUT2D eigenvalue weighted by atomic mass is 10.2. The average Bonchev–Trinajstić information content (AvgIpc) is 2.79. The van der Waals surface area contributed by atoms with Crippen LogP contribution in [-0.2, 0) is 22.4 Å². The minimum atomic E-state index is -0.655. The van der Waals surface area contributed by atoms with Crippen molar-refractivity contribution < 1.29 is 23.5 Å². The fourth-order valence-electron chi connectivity index (χ4n) is 1.69. The van der Waals surface area contributed by atoms with Gasteiger partial charge in [0.15, 0.2) is 5.69 Å². The molecule has 0 aromatic carbocycles. The molecule has 0 aliphatic rings. The number of esters is 1. The maximum absolute atomic E-state index is 12.5. The van der Waals surface area contributed by atoms with E-state index < -0.39 is 24.3 Å². The number of ether oxygens (including phenoxy) is 2. The number of nitrogens with zero attached hydrogens (tertiary/aromatic N) is 3. The molecule has 0 bridgehead atoms. The standard InChI is InChI=1S/C13H21FN4O4/c1-13(2,3)22-12(20)15-7-5-9-10(11(19)21-4)16-17-18(9)8-6-14/h5-8H2,1-4H3,(H,15,20). The number of hydrogen-bond acceptors (Lipinski definition) is 6. The van der Waals surface area contributed by atoms with E-state index in [9.17, 15) is 14.0 Å². The fourth-order valence-corrected chi connectivity index (χ4v) is 1.69. The third-order valence-electron chi connectivity index (χ3n) is 2.54. The molecule has 0 aliphatic carbocycles. The third-order valence-corrected chi connectivity index (χ3v) is 2.54. The van der Waals surface area contributed by atoms with Gasteiger partial charge in [0.05, 0.1) is 19.3 Å². The van der Waals surface area contributed by atoms with Crippen molar-refractivity contribution in [2.45, 2.75) is 39.3 Å². The number of carbonyl (C=O) groups is 2. The van der Waals surface area contributed by atoms with Gasteiger partial charge in [0.25, 0.3) is 0 Å². The van der Waals surface area contributed by atoms with Crippen LogP contribution in [0.1, 0.15) is 37.0 Å². The Kier molecular flexibility index (Phi) is 6.26. The number of alkyl halides is 1. The number of hydrogen-bond donors (Lipinski definition) is 1. The maximum atomic E-state index is 12.5. The number of methoxy groups -OCH3 is 1. The largest absolute Gasteiger partial charge is 0.464 e. The van der Waals surface area contributed by atoms with Crippen LogP contribution in [0.2, 0.25) is 0 Å². The molecule has 0 saturated carbocycles. The number of aryl methyl sites for hydroxylation is 1. The van der Waals surface area contributed by atoms with Gasteiger partial charge in [-0.15, -0.1) is 5.10 Å². The van der Waals surface area contributed by atoms with Gasteiger partial charge >= 0.3 is 12.1 Å². The fraction of sp³-hybridized carbons (Fsp3) is 0.692. The number of carbonyl (C=O) groups excluding carboxylic acids is 2. The topological polar surface area (TPSA) is 95.3 Å². The van der Waals surface area contributed by atoms with Crippen LogP contribution in [-0.4, -0.2) is 53.0 Å². The predicted molar refractivity (Wildman–Crippen MR) is 75.3 cm³/mol. The lowest BCUT2D eigenvalue weighted by molar-refractivity contribution is 0.0528. The van der Waals surface area contributed by atoms with Gasteiger partial charge in [-0.2, -0.15) is 0 Å². The summed E-state index contributed by atoms with van der Waals surface area (Å²) in [6.07, 6.45) is -0.326. The molecule has 0 atom stereocenters. The molecule has 0 fully saturated rings. The molecule has 1 heterocycles. The Morgan fingerprint density at radius 1 is 1.36 bits per heavy atom. The van der Waals surface area contributed by atoms with E-state index in [1.807, 2.05) is 0 Å². The molecule has 1 aromatic heterocycles. The Hall–Kier alpha value is -2.19. The molecule has 124 valence electrons. The third kappa shape index (κ3) is 5.30. The van der Waals surface area contributed by atoms with Gasteiger partial charge in [-0.1, -0.05) is 5.21 Å². The SMILES string of the molecule is COC(=O)c1nnn(CCF)c1CCNC(=O)OC(C)(C)C. The highest BCUT2D eigenvalue weighted by molar-refractivity contribution is 5.88. The second kappa shape index (κ2) is 7.71. The van der Waals surface area contributed by atoms with Crippen LogP contribution in [0, 0.1) is 0 Å². The zero-order valence-corrected chi connectivity index (χ0v) is 13.2. The molecule has 0 saturated heterocycles. The molecule has 1 N–H and O–H groups in total. The molecule has 0 unspecified atom stereocenters. The van der Waals surface area contributed by atoms with E-state index in [0.29, 0.717) is 5.69 Å². The van der Waals surface area contributed by atoms with Crippen LogP contribution in [0.3, 0.4) is 0 Å². The van der Waals surface area contributed by atoms with Crippen molar-refractivity contribution in [3.63, 3.8) is 0 Å². The molecule has 1 rings (SSSR count). The molecule has 8 nitrogen and oxygen atoms in total. The molecule has 1 aromatic rings. The normalized spacial score (nSPS) is 11.1. The number of amides is 1. The second-order valence-electron chi connectivity index (χ2n) is 5.47. The Morgan fingerprint density at radius 2 is 2.05 bits per heavy atom. The van der Waals surface area contributed by atoms with Crippen LogP contribution in [0.5, 0.6) is 0 Å². The second-order valence-corrected chi connectivity index (χ2v) is 5.47. The predicted octanol–water partition coefficient (Wildman–Crippen LogP) is 1.10. The Bertz CT molecular complexity index is 525. The summed E-state index contributed by atoms with van der Waals surface area (Å²) in [7, 11) is 1.22. The average molecular weight is 316 g/mol. The van der Waals surface area contributed by atoms with Crippen LogP contribution >= 0.6 is 0 Å². The van der Waals surface area contributed by atoms with Gasteiger partial charge in [0.2, 0.25) is 0 Å². The minimum absolute atomic E-state index is 0.0157. The highest BCUT2D eigenvalue weighted by atomic mass is 19.1.